The number of pyridine rings is 1. The number of amides is 1. The topological polar surface area (TPSA) is 36.4 Å². The molecular weight excluding hydrogens is 480 g/mol. The van der Waals surface area contributed by atoms with Crippen molar-refractivity contribution < 1.29 is 13.6 Å². The lowest BCUT2D eigenvalue weighted by atomic mass is 10.00. The monoisotopic (exact) mass is 511 g/mol. The van der Waals surface area contributed by atoms with E-state index in [0.29, 0.717) is 24.5 Å². The predicted octanol–water partition coefficient (Wildman–Crippen LogP) is 7.51. The number of likely N-dealkylation sites (tertiary alicyclic amines) is 1. The first-order valence-electron chi connectivity index (χ1n) is 13.0. The molecule has 0 N–H and O–H groups in total. The Morgan fingerprint density at radius 3 is 2.24 bits per heavy atom. The lowest BCUT2D eigenvalue weighted by molar-refractivity contribution is -0.148. The van der Waals surface area contributed by atoms with E-state index in [1.807, 2.05) is 79.7 Å². The highest BCUT2D eigenvalue weighted by Gasteiger charge is 2.49. The van der Waals surface area contributed by atoms with Crippen LogP contribution in [0.25, 0.3) is 22.3 Å². The van der Waals surface area contributed by atoms with Crippen LogP contribution in [0, 0.1) is 6.92 Å². The molecule has 6 heteroatoms. The molecule has 4 nitrogen and oxygen atoms in total. The number of rotatable bonds is 7. The largest absolute Gasteiger partial charge is 0.287 e. The number of alkyl halides is 2. The molecule has 0 saturated carbocycles. The molecular formula is C32H31F2N3O. The Morgan fingerprint density at radius 1 is 0.868 bits per heavy atom. The normalized spacial score (nSPS) is 15.6. The van der Waals surface area contributed by atoms with Crippen molar-refractivity contribution in [3.05, 3.63) is 103 Å². The maximum absolute atomic E-state index is 16.5. The fourth-order valence-electron chi connectivity index (χ4n) is 5.12. The second kappa shape index (κ2) is 11.2. The minimum absolute atomic E-state index is 0.348. The van der Waals surface area contributed by atoms with E-state index in [4.69, 9.17) is 0 Å². The van der Waals surface area contributed by atoms with Gasteiger partial charge < -0.3 is 0 Å². The van der Waals surface area contributed by atoms with E-state index in [-0.39, 0.29) is 0 Å². The molecule has 194 valence electrons. The summed E-state index contributed by atoms with van der Waals surface area (Å²) in [6.07, 6.45) is 4.17. The third-order valence-electron chi connectivity index (χ3n) is 7.15. The van der Waals surface area contributed by atoms with E-state index in [1.54, 1.807) is 24.4 Å². The second-order valence-electron chi connectivity index (χ2n) is 9.70. The van der Waals surface area contributed by atoms with Crippen LogP contribution in [0.1, 0.15) is 25.0 Å². The van der Waals surface area contributed by atoms with Crippen LogP contribution in [-0.2, 0) is 4.79 Å². The standard InChI is InChI=1S/C32H31F2N3O/c1-24-22-27(18-19-35-24)25-14-16-28(17-15-25)37(31(38)32(34,23-33)36-20-8-3-9-21-36)30-13-7-6-12-29(30)26-10-4-2-5-11-26/h2,4-7,10-19,22H,3,8-9,20-21,23H2,1H3. The molecule has 5 rings (SSSR count). The lowest BCUT2D eigenvalue weighted by Crippen LogP contribution is -2.59. The van der Waals surface area contributed by atoms with Crippen LogP contribution in [0.2, 0.25) is 0 Å². The number of carbonyl (C=O) groups excluding carboxylic acids is 1. The van der Waals surface area contributed by atoms with Gasteiger partial charge in [-0.1, -0.05) is 67.1 Å². The van der Waals surface area contributed by atoms with E-state index in [2.05, 4.69) is 4.98 Å². The van der Waals surface area contributed by atoms with Crippen LogP contribution in [0.15, 0.2) is 97.2 Å². The van der Waals surface area contributed by atoms with E-state index >= 15 is 4.39 Å². The molecule has 0 spiro atoms. The zero-order valence-corrected chi connectivity index (χ0v) is 21.5. The average molecular weight is 512 g/mol. The minimum atomic E-state index is -2.76. The molecule has 1 saturated heterocycles. The Bertz CT molecular complexity index is 1390. The quantitative estimate of drug-likeness (QED) is 0.241. The number of anilines is 2. The number of aryl methyl sites for hydroxylation is 1. The number of hydrogen-bond acceptors (Lipinski definition) is 3. The summed E-state index contributed by atoms with van der Waals surface area (Å²) in [4.78, 5) is 21.1. The molecule has 0 radical (unpaired) electrons. The molecule has 38 heavy (non-hydrogen) atoms. The molecule has 0 aliphatic carbocycles. The van der Waals surface area contributed by atoms with E-state index in [1.165, 1.54) is 9.80 Å². The fraction of sp³-hybridized carbons (Fsp3) is 0.250. The molecule has 1 aliphatic rings. The van der Waals surface area contributed by atoms with Crippen LogP contribution in [0.4, 0.5) is 20.2 Å². The first-order valence-corrected chi connectivity index (χ1v) is 13.0. The number of aromatic nitrogens is 1. The third-order valence-corrected chi connectivity index (χ3v) is 7.15. The zero-order valence-electron chi connectivity index (χ0n) is 21.5. The number of carbonyl (C=O) groups is 1. The molecule has 1 unspecified atom stereocenters. The maximum Gasteiger partial charge on any atom is 0.287 e. The van der Waals surface area contributed by atoms with Gasteiger partial charge in [-0.15, -0.1) is 0 Å². The zero-order chi connectivity index (χ0) is 26.5. The van der Waals surface area contributed by atoms with Gasteiger partial charge in [-0.3, -0.25) is 19.6 Å². The SMILES string of the molecule is Cc1cc(-c2ccc(N(C(=O)C(F)(CF)N3CCCCC3)c3ccccc3-c3ccccc3)cc2)ccn1. The highest BCUT2D eigenvalue weighted by molar-refractivity contribution is 6.08. The van der Waals surface area contributed by atoms with Crippen molar-refractivity contribution in [1.29, 1.82) is 0 Å². The van der Waals surface area contributed by atoms with Crippen LogP contribution >= 0.6 is 0 Å². The van der Waals surface area contributed by atoms with Gasteiger partial charge in [-0.2, -0.15) is 0 Å². The summed E-state index contributed by atoms with van der Waals surface area (Å²) in [6, 6.07) is 28.3. The molecule has 1 aromatic heterocycles. The van der Waals surface area contributed by atoms with Gasteiger partial charge in [0.2, 0.25) is 0 Å². The molecule has 1 amide bonds. The van der Waals surface area contributed by atoms with Crippen molar-refractivity contribution >= 4 is 17.3 Å². The number of nitrogens with zero attached hydrogens (tertiary/aromatic N) is 3. The first kappa shape index (κ1) is 25.7. The average Bonchev–Trinajstić information content (AvgIpc) is 2.98. The first-order chi connectivity index (χ1) is 18.5. The van der Waals surface area contributed by atoms with E-state index in [9.17, 15) is 9.18 Å². The van der Waals surface area contributed by atoms with Gasteiger partial charge >= 0.3 is 0 Å². The van der Waals surface area contributed by atoms with Gasteiger partial charge in [0.05, 0.1) is 5.69 Å². The molecule has 4 aromatic rings. The van der Waals surface area contributed by atoms with Crippen LogP contribution < -0.4 is 4.90 Å². The summed E-state index contributed by atoms with van der Waals surface area (Å²) < 4.78 is 31.0. The molecule has 1 aliphatic heterocycles. The van der Waals surface area contributed by atoms with Crippen molar-refractivity contribution in [2.24, 2.45) is 0 Å². The summed E-state index contributed by atoms with van der Waals surface area (Å²) in [5.41, 5.74) is 5.44. The van der Waals surface area contributed by atoms with E-state index < -0.39 is 18.4 Å². The minimum Gasteiger partial charge on any atom is -0.276 e. The second-order valence-corrected chi connectivity index (χ2v) is 9.70. The van der Waals surface area contributed by atoms with Crippen molar-refractivity contribution in [3.63, 3.8) is 0 Å². The summed E-state index contributed by atoms with van der Waals surface area (Å²) in [7, 11) is 0. The number of halogens is 2. The molecule has 2 heterocycles. The maximum atomic E-state index is 16.5. The van der Waals surface area contributed by atoms with Gasteiger partial charge in [-0.25, -0.2) is 8.78 Å². The Hall–Kier alpha value is -3.90. The predicted molar refractivity (Wildman–Crippen MR) is 149 cm³/mol. The van der Waals surface area contributed by atoms with Crippen molar-refractivity contribution in [2.75, 3.05) is 24.7 Å². The Balaban J connectivity index is 1.63. The highest BCUT2D eigenvalue weighted by atomic mass is 19.2. The summed E-state index contributed by atoms with van der Waals surface area (Å²) in [5.74, 6) is -3.68. The highest BCUT2D eigenvalue weighted by Crippen LogP contribution is 2.39. The number of hydrogen-bond donors (Lipinski definition) is 0. The van der Waals surface area contributed by atoms with Gasteiger partial charge in [0, 0.05) is 36.2 Å². The molecule has 1 atom stereocenters. The van der Waals surface area contributed by atoms with Gasteiger partial charge in [0.1, 0.15) is 6.67 Å². The third kappa shape index (κ3) is 5.09. The van der Waals surface area contributed by atoms with Crippen molar-refractivity contribution in [1.82, 2.24) is 9.88 Å². The molecule has 1 fully saturated rings. The summed E-state index contributed by atoms with van der Waals surface area (Å²) in [6.45, 7) is 1.21. The lowest BCUT2D eigenvalue weighted by Gasteiger charge is -2.40. The van der Waals surface area contributed by atoms with Gasteiger partial charge in [0.15, 0.2) is 0 Å². The Morgan fingerprint density at radius 2 is 1.55 bits per heavy atom. The fourth-order valence-corrected chi connectivity index (χ4v) is 5.12. The van der Waals surface area contributed by atoms with Gasteiger partial charge in [-0.05, 0) is 66.8 Å². The van der Waals surface area contributed by atoms with Crippen molar-refractivity contribution in [2.45, 2.75) is 32.0 Å². The Labute approximate surface area is 222 Å². The molecule has 0 bridgehead atoms. The van der Waals surface area contributed by atoms with Crippen molar-refractivity contribution in [3.8, 4) is 22.3 Å². The van der Waals surface area contributed by atoms with E-state index in [0.717, 1.165) is 47.2 Å². The number of piperidine rings is 1. The number of benzene rings is 3. The van der Waals surface area contributed by atoms with Gasteiger partial charge in [0.25, 0.3) is 11.7 Å². The smallest absolute Gasteiger partial charge is 0.276 e. The summed E-state index contributed by atoms with van der Waals surface area (Å²) in [5, 5.41) is 0. The van der Waals surface area contributed by atoms with Crippen LogP contribution in [0.5, 0.6) is 0 Å². The number of para-hydroxylation sites is 1. The van der Waals surface area contributed by atoms with Crippen LogP contribution in [-0.4, -0.2) is 41.3 Å². The van der Waals surface area contributed by atoms with Crippen LogP contribution in [0.3, 0.4) is 0 Å². The Kier molecular flexibility index (Phi) is 7.61. The summed E-state index contributed by atoms with van der Waals surface area (Å²) >= 11 is 0. The molecule has 3 aromatic carbocycles.